The van der Waals surface area contributed by atoms with Crippen molar-refractivity contribution in [1.82, 2.24) is 14.9 Å². The number of rotatable bonds is 8. The second-order valence-corrected chi connectivity index (χ2v) is 8.29. The molecule has 0 atom stereocenters. The molecular weight excluding hydrogens is 390 g/mol. The quantitative estimate of drug-likeness (QED) is 0.642. The molecule has 1 aliphatic rings. The summed E-state index contributed by atoms with van der Waals surface area (Å²) in [4.78, 5) is 2.35. The Kier molecular flexibility index (Phi) is 6.35. The third kappa shape index (κ3) is 5.00. The summed E-state index contributed by atoms with van der Waals surface area (Å²) >= 11 is 6.00. The lowest BCUT2D eigenvalue weighted by Gasteiger charge is -2.17. The first kappa shape index (κ1) is 19.7. The van der Waals surface area contributed by atoms with Gasteiger partial charge in [0, 0.05) is 32.2 Å². The molecule has 0 amide bonds. The lowest BCUT2D eigenvalue weighted by molar-refractivity contribution is 0.414. The van der Waals surface area contributed by atoms with Gasteiger partial charge in [0.2, 0.25) is 10.0 Å². The second-order valence-electron chi connectivity index (χ2n) is 6.11. The van der Waals surface area contributed by atoms with E-state index >= 15 is 0 Å². The van der Waals surface area contributed by atoms with E-state index < -0.39 is 10.0 Å². The van der Waals surface area contributed by atoms with Crippen LogP contribution < -0.4 is 19.7 Å². The van der Waals surface area contributed by atoms with Gasteiger partial charge in [0.1, 0.15) is 5.75 Å². The van der Waals surface area contributed by atoms with E-state index in [0.29, 0.717) is 18.1 Å². The molecule has 1 saturated heterocycles. The average Bonchev–Trinajstić information content (AvgIpc) is 3.20. The predicted octanol–water partition coefficient (Wildman–Crippen LogP) is 2.13. The highest BCUT2D eigenvalue weighted by molar-refractivity contribution is 7.89. The number of hydrogen-bond acceptors (Lipinski definition) is 7. The van der Waals surface area contributed by atoms with Gasteiger partial charge >= 0.3 is 0 Å². The van der Waals surface area contributed by atoms with Crippen molar-refractivity contribution in [2.24, 2.45) is 0 Å². The Morgan fingerprint density at radius 2 is 2.00 bits per heavy atom. The summed E-state index contributed by atoms with van der Waals surface area (Å²) in [6.45, 7) is 2.62. The van der Waals surface area contributed by atoms with Crippen molar-refractivity contribution in [3.05, 3.63) is 35.5 Å². The number of anilines is 2. The number of methoxy groups -OCH3 is 1. The van der Waals surface area contributed by atoms with Crippen LogP contribution in [0.3, 0.4) is 0 Å². The molecule has 1 aromatic carbocycles. The number of benzene rings is 1. The van der Waals surface area contributed by atoms with Gasteiger partial charge in [-0.2, -0.15) is 5.10 Å². The van der Waals surface area contributed by atoms with Crippen LogP contribution in [0.25, 0.3) is 0 Å². The van der Waals surface area contributed by atoms with Crippen molar-refractivity contribution in [3.8, 4) is 5.75 Å². The molecule has 0 unspecified atom stereocenters. The molecule has 0 saturated carbocycles. The van der Waals surface area contributed by atoms with E-state index in [1.165, 1.54) is 38.2 Å². The van der Waals surface area contributed by atoms with E-state index in [4.69, 9.17) is 16.3 Å². The van der Waals surface area contributed by atoms with Gasteiger partial charge in [-0.3, -0.25) is 0 Å². The fourth-order valence-electron chi connectivity index (χ4n) is 2.86. The molecule has 8 nitrogen and oxygen atoms in total. The largest absolute Gasteiger partial charge is 0.495 e. The molecule has 1 aliphatic heterocycles. The van der Waals surface area contributed by atoms with Crippen LogP contribution in [-0.2, 0) is 10.0 Å². The molecular formula is C17H22ClN5O3S. The Balaban J connectivity index is 1.53. The standard InChI is InChI=1S/C17H22ClN5O3S/c1-26-16-5-4-14(11-15(16)18)27(24,25)21-7-6-19-17-10-13(12-20-22-17)23-8-2-3-9-23/h4-5,10-12,21H,2-3,6-9H2,1H3,(H,19,22). The zero-order valence-corrected chi connectivity index (χ0v) is 16.6. The minimum absolute atomic E-state index is 0.0872. The Bertz CT molecular complexity index is 888. The van der Waals surface area contributed by atoms with Crippen LogP contribution in [0.15, 0.2) is 35.4 Å². The van der Waals surface area contributed by atoms with Gasteiger partial charge in [0.05, 0.1) is 28.9 Å². The number of nitrogens with one attached hydrogen (secondary N) is 2. The van der Waals surface area contributed by atoms with Crippen molar-refractivity contribution >= 4 is 33.1 Å². The molecule has 2 heterocycles. The van der Waals surface area contributed by atoms with Crippen LogP contribution in [0, 0.1) is 0 Å². The summed E-state index contributed by atoms with van der Waals surface area (Å²) in [6.07, 6.45) is 4.11. The molecule has 27 heavy (non-hydrogen) atoms. The Labute approximate surface area is 163 Å². The van der Waals surface area contributed by atoms with Gasteiger partial charge in [-0.1, -0.05) is 11.6 Å². The minimum atomic E-state index is -3.66. The van der Waals surface area contributed by atoms with Gasteiger partial charge in [-0.05, 0) is 31.0 Å². The first-order chi connectivity index (χ1) is 13.0. The lowest BCUT2D eigenvalue weighted by atomic mass is 10.3. The van der Waals surface area contributed by atoms with E-state index in [-0.39, 0.29) is 16.5 Å². The average molecular weight is 412 g/mol. The third-order valence-electron chi connectivity index (χ3n) is 4.27. The molecule has 0 aliphatic carbocycles. The summed E-state index contributed by atoms with van der Waals surface area (Å²) in [5.41, 5.74) is 1.03. The topological polar surface area (TPSA) is 96.5 Å². The normalized spacial score (nSPS) is 14.4. The fraction of sp³-hybridized carbons (Fsp3) is 0.412. The van der Waals surface area contributed by atoms with Gasteiger partial charge < -0.3 is 15.0 Å². The van der Waals surface area contributed by atoms with Gasteiger partial charge in [-0.15, -0.1) is 5.10 Å². The lowest BCUT2D eigenvalue weighted by Crippen LogP contribution is -2.29. The van der Waals surface area contributed by atoms with E-state index in [2.05, 4.69) is 25.1 Å². The molecule has 1 fully saturated rings. The minimum Gasteiger partial charge on any atom is -0.495 e. The van der Waals surface area contributed by atoms with Crippen LogP contribution in [0.5, 0.6) is 5.75 Å². The monoisotopic (exact) mass is 411 g/mol. The van der Waals surface area contributed by atoms with Crippen LogP contribution in [0.2, 0.25) is 5.02 Å². The molecule has 0 radical (unpaired) electrons. The van der Waals surface area contributed by atoms with Crippen LogP contribution >= 0.6 is 11.6 Å². The van der Waals surface area contributed by atoms with Crippen LogP contribution in [-0.4, -0.2) is 51.9 Å². The molecule has 3 rings (SSSR count). The van der Waals surface area contributed by atoms with Crippen molar-refractivity contribution in [1.29, 1.82) is 0 Å². The van der Waals surface area contributed by atoms with Gasteiger partial charge in [0.25, 0.3) is 0 Å². The summed E-state index contributed by atoms with van der Waals surface area (Å²) in [7, 11) is -2.18. The highest BCUT2D eigenvalue weighted by atomic mass is 35.5. The number of sulfonamides is 1. The molecule has 2 N–H and O–H groups in total. The van der Waals surface area contributed by atoms with Crippen molar-refractivity contribution in [2.75, 3.05) is 43.5 Å². The number of nitrogens with zero attached hydrogens (tertiary/aromatic N) is 3. The molecule has 0 spiro atoms. The molecule has 1 aromatic heterocycles. The smallest absolute Gasteiger partial charge is 0.240 e. The van der Waals surface area contributed by atoms with Crippen molar-refractivity contribution in [3.63, 3.8) is 0 Å². The van der Waals surface area contributed by atoms with Gasteiger partial charge in [-0.25, -0.2) is 13.1 Å². The zero-order chi connectivity index (χ0) is 19.3. The summed E-state index contributed by atoms with van der Waals surface area (Å²) < 4.78 is 32.3. The fourth-order valence-corrected chi connectivity index (χ4v) is 4.24. The number of hydrogen-bond donors (Lipinski definition) is 2. The van der Waals surface area contributed by atoms with Gasteiger partial charge in [0.15, 0.2) is 5.82 Å². The first-order valence-corrected chi connectivity index (χ1v) is 10.5. The first-order valence-electron chi connectivity index (χ1n) is 8.64. The maximum absolute atomic E-state index is 12.4. The molecule has 146 valence electrons. The molecule has 0 bridgehead atoms. The summed E-state index contributed by atoms with van der Waals surface area (Å²) in [6, 6.07) is 6.26. The van der Waals surface area contributed by atoms with Crippen molar-refractivity contribution in [2.45, 2.75) is 17.7 Å². The predicted molar refractivity (Wildman–Crippen MR) is 105 cm³/mol. The summed E-state index contributed by atoms with van der Waals surface area (Å²) in [5.74, 6) is 1.04. The number of ether oxygens (including phenoxy) is 1. The van der Waals surface area contributed by atoms with Crippen LogP contribution in [0.1, 0.15) is 12.8 Å². The molecule has 10 heteroatoms. The van der Waals surface area contributed by atoms with E-state index in [0.717, 1.165) is 18.8 Å². The van der Waals surface area contributed by atoms with E-state index in [9.17, 15) is 8.42 Å². The highest BCUT2D eigenvalue weighted by Crippen LogP contribution is 2.26. The van der Waals surface area contributed by atoms with Crippen LogP contribution in [0.4, 0.5) is 11.5 Å². The molecule has 2 aromatic rings. The Hall–Kier alpha value is -2.10. The Morgan fingerprint density at radius 3 is 2.70 bits per heavy atom. The Morgan fingerprint density at radius 1 is 1.22 bits per heavy atom. The maximum Gasteiger partial charge on any atom is 0.240 e. The SMILES string of the molecule is COc1ccc(S(=O)(=O)NCCNc2cc(N3CCCC3)cnn2)cc1Cl. The third-order valence-corrected chi connectivity index (χ3v) is 6.02. The maximum atomic E-state index is 12.4. The van der Waals surface area contributed by atoms with E-state index in [1.54, 1.807) is 6.20 Å². The van der Waals surface area contributed by atoms with Crippen molar-refractivity contribution < 1.29 is 13.2 Å². The van der Waals surface area contributed by atoms with E-state index in [1.807, 2.05) is 6.07 Å². The highest BCUT2D eigenvalue weighted by Gasteiger charge is 2.16. The summed E-state index contributed by atoms with van der Waals surface area (Å²) in [5, 5.41) is 11.4. The number of halogens is 1. The number of aromatic nitrogens is 2. The zero-order valence-electron chi connectivity index (χ0n) is 15.0. The second kappa shape index (κ2) is 8.73.